The van der Waals surface area contributed by atoms with Gasteiger partial charge in [-0.15, -0.1) is 0 Å². The van der Waals surface area contributed by atoms with Gasteiger partial charge in [-0.1, -0.05) is 43.3 Å². The quantitative estimate of drug-likeness (QED) is 0.766. The number of ether oxygens (including phenoxy) is 1. The van der Waals surface area contributed by atoms with Crippen molar-refractivity contribution in [1.82, 2.24) is 9.88 Å². The molecule has 0 aliphatic carbocycles. The Kier molecular flexibility index (Phi) is 6.69. The first-order chi connectivity index (χ1) is 13.2. The number of carbonyl (C=O) groups is 1. The van der Waals surface area contributed by atoms with Crippen LogP contribution in [0.15, 0.2) is 48.7 Å². The highest BCUT2D eigenvalue weighted by Crippen LogP contribution is 2.31. The number of pyridine rings is 1. The fourth-order valence-electron chi connectivity index (χ4n) is 3.34. The molecule has 2 heterocycles. The summed E-state index contributed by atoms with van der Waals surface area (Å²) in [5, 5.41) is 3.38. The van der Waals surface area contributed by atoms with Gasteiger partial charge in [-0.3, -0.25) is 0 Å². The van der Waals surface area contributed by atoms with E-state index in [2.05, 4.69) is 30.2 Å². The molecular weight excluding hydrogens is 338 g/mol. The van der Waals surface area contributed by atoms with Crippen molar-refractivity contribution in [3.05, 3.63) is 59.8 Å². The van der Waals surface area contributed by atoms with Crippen LogP contribution in [0.2, 0.25) is 0 Å². The highest BCUT2D eigenvalue weighted by molar-refractivity contribution is 5.68. The Hall–Kier alpha value is -2.56. The first-order valence-corrected chi connectivity index (χ1v) is 9.87. The first-order valence-electron chi connectivity index (χ1n) is 9.87. The normalized spacial score (nSPS) is 18.0. The van der Waals surface area contributed by atoms with Gasteiger partial charge in [0, 0.05) is 18.8 Å². The van der Waals surface area contributed by atoms with Gasteiger partial charge in [0.05, 0.1) is 6.04 Å². The van der Waals surface area contributed by atoms with E-state index in [-0.39, 0.29) is 12.1 Å². The summed E-state index contributed by atoms with van der Waals surface area (Å²) in [7, 11) is 0. The van der Waals surface area contributed by atoms with Crippen LogP contribution in [0.1, 0.15) is 56.7 Å². The van der Waals surface area contributed by atoms with Crippen LogP contribution in [0.3, 0.4) is 0 Å². The molecule has 1 saturated heterocycles. The summed E-state index contributed by atoms with van der Waals surface area (Å²) in [5.41, 5.74) is 2.07. The zero-order chi connectivity index (χ0) is 19.1. The summed E-state index contributed by atoms with van der Waals surface area (Å²) in [6, 6.07) is 14.3. The maximum atomic E-state index is 12.7. The molecule has 1 aliphatic rings. The summed E-state index contributed by atoms with van der Waals surface area (Å²) >= 11 is 0. The van der Waals surface area contributed by atoms with Gasteiger partial charge < -0.3 is 15.0 Å². The summed E-state index contributed by atoms with van der Waals surface area (Å²) in [5.74, 6) is 0.877. The largest absolute Gasteiger partial charge is 0.445 e. The molecule has 0 spiro atoms. The molecule has 1 N–H and O–H groups in total. The van der Waals surface area contributed by atoms with E-state index < -0.39 is 0 Å². The maximum Gasteiger partial charge on any atom is 0.410 e. The molecule has 2 atom stereocenters. The Bertz CT molecular complexity index is 718. The minimum atomic E-state index is -0.245. The Balaban J connectivity index is 1.64. The standard InChI is InChI=1S/C22H29N3O2/c1-3-17(2)24-21-13-12-19(15-23-21)20-11-7-8-14-25(20)22(26)27-16-18-9-5-4-6-10-18/h4-6,9-10,12-13,15,17,20H,3,7-8,11,14,16H2,1-2H3,(H,23,24)/t17-,20-/m1/s1. The Morgan fingerprint density at radius 2 is 2.07 bits per heavy atom. The fourth-order valence-corrected chi connectivity index (χ4v) is 3.34. The van der Waals surface area contributed by atoms with Crippen LogP contribution in [0.25, 0.3) is 0 Å². The molecule has 1 fully saturated rings. The van der Waals surface area contributed by atoms with Crippen molar-refractivity contribution >= 4 is 11.9 Å². The minimum absolute atomic E-state index is 0.0344. The molecule has 2 aromatic rings. The topological polar surface area (TPSA) is 54.5 Å². The highest BCUT2D eigenvalue weighted by atomic mass is 16.6. The molecular formula is C22H29N3O2. The Morgan fingerprint density at radius 3 is 2.78 bits per heavy atom. The van der Waals surface area contributed by atoms with Crippen molar-refractivity contribution in [2.24, 2.45) is 0 Å². The number of hydrogen-bond acceptors (Lipinski definition) is 4. The lowest BCUT2D eigenvalue weighted by Crippen LogP contribution is -2.38. The molecule has 0 bridgehead atoms. The van der Waals surface area contributed by atoms with E-state index in [4.69, 9.17) is 4.74 Å². The van der Waals surface area contributed by atoms with Gasteiger partial charge >= 0.3 is 6.09 Å². The van der Waals surface area contributed by atoms with Gasteiger partial charge in [-0.2, -0.15) is 0 Å². The zero-order valence-electron chi connectivity index (χ0n) is 16.2. The molecule has 0 saturated carbocycles. The molecule has 1 aromatic carbocycles. The molecule has 27 heavy (non-hydrogen) atoms. The van der Waals surface area contributed by atoms with E-state index in [9.17, 15) is 4.79 Å². The Morgan fingerprint density at radius 1 is 1.26 bits per heavy atom. The zero-order valence-corrected chi connectivity index (χ0v) is 16.2. The third kappa shape index (κ3) is 5.22. The summed E-state index contributed by atoms with van der Waals surface area (Å²) in [6.07, 6.45) is 5.76. The molecule has 1 aromatic heterocycles. The molecule has 0 unspecified atom stereocenters. The second kappa shape index (κ2) is 9.40. The Labute approximate surface area is 161 Å². The summed E-state index contributed by atoms with van der Waals surface area (Å²) in [6.45, 7) is 5.32. The van der Waals surface area contributed by atoms with E-state index in [0.29, 0.717) is 12.6 Å². The number of rotatable bonds is 6. The average Bonchev–Trinajstić information content (AvgIpc) is 2.73. The van der Waals surface area contributed by atoms with Crippen LogP contribution in [0.5, 0.6) is 0 Å². The summed E-state index contributed by atoms with van der Waals surface area (Å²) in [4.78, 5) is 19.1. The lowest BCUT2D eigenvalue weighted by Gasteiger charge is -2.35. The number of anilines is 1. The van der Waals surface area contributed by atoms with Crippen LogP contribution in [-0.4, -0.2) is 28.6 Å². The maximum absolute atomic E-state index is 12.7. The number of nitrogens with one attached hydrogen (secondary N) is 1. The predicted octanol–water partition coefficient (Wildman–Crippen LogP) is 5.16. The van der Waals surface area contributed by atoms with Gasteiger partial charge in [0.15, 0.2) is 0 Å². The number of amides is 1. The minimum Gasteiger partial charge on any atom is -0.445 e. The van der Waals surface area contributed by atoms with Crippen LogP contribution in [0.4, 0.5) is 10.6 Å². The van der Waals surface area contributed by atoms with Gasteiger partial charge in [0.25, 0.3) is 0 Å². The molecule has 0 radical (unpaired) electrons. The van der Waals surface area contributed by atoms with E-state index in [0.717, 1.165) is 49.2 Å². The molecule has 1 amide bonds. The predicted molar refractivity (Wildman–Crippen MR) is 108 cm³/mol. The van der Waals surface area contributed by atoms with Crippen LogP contribution in [-0.2, 0) is 11.3 Å². The van der Waals surface area contributed by atoms with E-state index in [1.165, 1.54) is 0 Å². The van der Waals surface area contributed by atoms with Gasteiger partial charge in [0.1, 0.15) is 12.4 Å². The van der Waals surface area contributed by atoms with E-state index >= 15 is 0 Å². The van der Waals surface area contributed by atoms with Crippen LogP contribution in [0, 0.1) is 0 Å². The number of hydrogen-bond donors (Lipinski definition) is 1. The number of carbonyl (C=O) groups excluding carboxylic acids is 1. The lowest BCUT2D eigenvalue weighted by atomic mass is 9.97. The molecule has 1 aliphatic heterocycles. The van der Waals surface area contributed by atoms with Crippen molar-refractivity contribution < 1.29 is 9.53 Å². The fraction of sp³-hybridized carbons (Fsp3) is 0.455. The van der Waals surface area contributed by atoms with Crippen molar-refractivity contribution in [1.29, 1.82) is 0 Å². The number of nitrogens with zero attached hydrogens (tertiary/aromatic N) is 2. The monoisotopic (exact) mass is 367 g/mol. The van der Waals surface area contributed by atoms with Gasteiger partial charge in [-0.25, -0.2) is 9.78 Å². The van der Waals surface area contributed by atoms with E-state index in [1.54, 1.807) is 0 Å². The van der Waals surface area contributed by atoms with Gasteiger partial charge in [-0.05, 0) is 49.8 Å². The molecule has 5 heteroatoms. The molecule has 144 valence electrons. The van der Waals surface area contributed by atoms with Crippen molar-refractivity contribution in [2.45, 2.75) is 58.2 Å². The van der Waals surface area contributed by atoms with E-state index in [1.807, 2.05) is 47.5 Å². The summed E-state index contributed by atoms with van der Waals surface area (Å²) < 4.78 is 5.56. The first kappa shape index (κ1) is 19.2. The number of benzene rings is 1. The third-order valence-corrected chi connectivity index (χ3v) is 5.12. The average molecular weight is 367 g/mol. The van der Waals surface area contributed by atoms with Crippen molar-refractivity contribution in [3.8, 4) is 0 Å². The number of piperidine rings is 1. The smallest absolute Gasteiger partial charge is 0.410 e. The van der Waals surface area contributed by atoms with Gasteiger partial charge in [0.2, 0.25) is 0 Å². The highest BCUT2D eigenvalue weighted by Gasteiger charge is 2.29. The van der Waals surface area contributed by atoms with Crippen molar-refractivity contribution in [2.75, 3.05) is 11.9 Å². The number of likely N-dealkylation sites (tertiary alicyclic amines) is 1. The van der Waals surface area contributed by atoms with Crippen LogP contribution < -0.4 is 5.32 Å². The molecule has 5 nitrogen and oxygen atoms in total. The SMILES string of the molecule is CC[C@@H](C)Nc1ccc([C@H]2CCCCN2C(=O)OCc2ccccc2)cn1. The number of aromatic nitrogens is 1. The van der Waals surface area contributed by atoms with Crippen molar-refractivity contribution in [3.63, 3.8) is 0 Å². The lowest BCUT2D eigenvalue weighted by molar-refractivity contribution is 0.0678. The second-order valence-electron chi connectivity index (χ2n) is 7.18. The third-order valence-electron chi connectivity index (χ3n) is 5.12. The van der Waals surface area contributed by atoms with Crippen LogP contribution >= 0.6 is 0 Å². The molecule has 3 rings (SSSR count). The second-order valence-corrected chi connectivity index (χ2v) is 7.18.